The first-order chi connectivity index (χ1) is 9.34. The summed E-state index contributed by atoms with van der Waals surface area (Å²) in [5.74, 6) is 2.95. The van der Waals surface area contributed by atoms with Crippen LogP contribution >= 0.6 is 0 Å². The summed E-state index contributed by atoms with van der Waals surface area (Å²) in [6, 6.07) is 0.156. The number of hydrogen-bond acceptors (Lipinski definition) is 3. The Labute approximate surface area is 123 Å². The van der Waals surface area contributed by atoms with Gasteiger partial charge in [0.2, 0.25) is 0 Å². The molecule has 4 aliphatic carbocycles. The SMILES string of the molecule is CNC(CS(=O)(=O)C(C)C)C12CC3CC(CC(C3)C1)C2. The van der Waals surface area contributed by atoms with E-state index < -0.39 is 9.84 Å². The molecule has 4 rings (SSSR count). The van der Waals surface area contributed by atoms with Gasteiger partial charge in [-0.15, -0.1) is 0 Å². The van der Waals surface area contributed by atoms with Crippen LogP contribution in [0.2, 0.25) is 0 Å². The minimum absolute atomic E-state index is 0.156. The van der Waals surface area contributed by atoms with Crippen molar-refractivity contribution in [2.24, 2.45) is 23.2 Å². The second kappa shape index (κ2) is 4.98. The molecule has 4 fully saturated rings. The maximum atomic E-state index is 12.4. The Kier molecular flexibility index (Phi) is 3.69. The maximum Gasteiger partial charge on any atom is 0.154 e. The predicted octanol–water partition coefficient (Wildman–Crippen LogP) is 2.61. The third kappa shape index (κ3) is 2.43. The van der Waals surface area contributed by atoms with E-state index in [2.05, 4.69) is 5.32 Å². The topological polar surface area (TPSA) is 46.2 Å². The van der Waals surface area contributed by atoms with Gasteiger partial charge in [-0.3, -0.25) is 0 Å². The Balaban J connectivity index is 1.82. The summed E-state index contributed by atoms with van der Waals surface area (Å²) in [6.45, 7) is 3.61. The molecule has 1 unspecified atom stereocenters. The summed E-state index contributed by atoms with van der Waals surface area (Å²) in [4.78, 5) is 0. The highest BCUT2D eigenvalue weighted by Gasteiger charge is 2.54. The van der Waals surface area contributed by atoms with Crippen molar-refractivity contribution >= 4 is 9.84 Å². The van der Waals surface area contributed by atoms with Gasteiger partial charge in [0, 0.05) is 6.04 Å². The van der Waals surface area contributed by atoms with E-state index in [1.54, 1.807) is 0 Å². The number of nitrogens with one attached hydrogen (secondary N) is 1. The van der Waals surface area contributed by atoms with E-state index in [9.17, 15) is 8.42 Å². The largest absolute Gasteiger partial charge is 0.315 e. The van der Waals surface area contributed by atoms with Crippen molar-refractivity contribution in [1.29, 1.82) is 0 Å². The van der Waals surface area contributed by atoms with Crippen molar-refractivity contribution in [3.8, 4) is 0 Å². The third-order valence-corrected chi connectivity index (χ3v) is 8.52. The molecule has 0 saturated heterocycles. The van der Waals surface area contributed by atoms with E-state index in [4.69, 9.17) is 0 Å². The van der Waals surface area contributed by atoms with E-state index in [0.717, 1.165) is 17.8 Å². The van der Waals surface area contributed by atoms with Crippen LogP contribution in [0.25, 0.3) is 0 Å². The van der Waals surface area contributed by atoms with E-state index in [1.165, 1.54) is 38.5 Å². The third-order valence-electron chi connectivity index (χ3n) is 6.29. The van der Waals surface area contributed by atoms with Gasteiger partial charge in [0.25, 0.3) is 0 Å². The van der Waals surface area contributed by atoms with Crippen LogP contribution in [0.1, 0.15) is 52.4 Å². The van der Waals surface area contributed by atoms with Gasteiger partial charge in [-0.25, -0.2) is 8.42 Å². The molecule has 0 aliphatic heterocycles. The molecule has 20 heavy (non-hydrogen) atoms. The Bertz CT molecular complexity index is 434. The van der Waals surface area contributed by atoms with E-state index in [0.29, 0.717) is 5.75 Å². The van der Waals surface area contributed by atoms with Crippen molar-refractivity contribution in [3.05, 3.63) is 0 Å². The van der Waals surface area contributed by atoms with Gasteiger partial charge >= 0.3 is 0 Å². The summed E-state index contributed by atoms with van der Waals surface area (Å²) in [5, 5.41) is 3.13. The zero-order valence-electron chi connectivity index (χ0n) is 13.1. The molecule has 0 aromatic carbocycles. The smallest absolute Gasteiger partial charge is 0.154 e. The van der Waals surface area contributed by atoms with Gasteiger partial charge in [-0.2, -0.15) is 0 Å². The summed E-state index contributed by atoms with van der Waals surface area (Å²) in [6.07, 6.45) is 8.01. The predicted molar refractivity (Wildman–Crippen MR) is 82.4 cm³/mol. The maximum absolute atomic E-state index is 12.4. The summed E-state index contributed by atoms with van der Waals surface area (Å²) < 4.78 is 24.7. The molecule has 0 aromatic heterocycles. The highest BCUT2D eigenvalue weighted by atomic mass is 32.2. The Morgan fingerprint density at radius 3 is 1.85 bits per heavy atom. The second-order valence-electron chi connectivity index (χ2n) is 8.00. The number of rotatable bonds is 5. The fraction of sp³-hybridized carbons (Fsp3) is 1.00. The lowest BCUT2D eigenvalue weighted by molar-refractivity contribution is -0.0685. The molecule has 0 aromatic rings. The molecule has 116 valence electrons. The molecule has 0 radical (unpaired) electrons. The van der Waals surface area contributed by atoms with Crippen molar-refractivity contribution in [3.63, 3.8) is 0 Å². The molecule has 4 aliphatic rings. The van der Waals surface area contributed by atoms with Gasteiger partial charge in [0.15, 0.2) is 9.84 Å². The molecule has 1 atom stereocenters. The van der Waals surface area contributed by atoms with Crippen molar-refractivity contribution in [2.45, 2.75) is 63.7 Å². The van der Waals surface area contributed by atoms with Gasteiger partial charge < -0.3 is 5.32 Å². The monoisotopic (exact) mass is 299 g/mol. The standard InChI is InChI=1S/C16H29NO2S/c1-11(2)20(18,19)10-15(17-3)16-7-12-4-13(8-16)6-14(5-12)9-16/h11-15,17H,4-10H2,1-3H3. The molecule has 3 nitrogen and oxygen atoms in total. The highest BCUT2D eigenvalue weighted by molar-refractivity contribution is 7.92. The zero-order valence-corrected chi connectivity index (χ0v) is 13.9. The van der Waals surface area contributed by atoms with Crippen LogP contribution in [-0.2, 0) is 9.84 Å². The Morgan fingerprint density at radius 2 is 1.50 bits per heavy atom. The Morgan fingerprint density at radius 1 is 1.05 bits per heavy atom. The number of hydrogen-bond donors (Lipinski definition) is 1. The molecule has 4 heteroatoms. The van der Waals surface area contributed by atoms with Crippen LogP contribution in [0.3, 0.4) is 0 Å². The van der Waals surface area contributed by atoms with Gasteiger partial charge in [-0.05, 0) is 82.6 Å². The van der Waals surface area contributed by atoms with Crippen LogP contribution in [0.4, 0.5) is 0 Å². The van der Waals surface area contributed by atoms with Crippen LogP contribution in [0.5, 0.6) is 0 Å². The van der Waals surface area contributed by atoms with Crippen LogP contribution in [0.15, 0.2) is 0 Å². The second-order valence-corrected chi connectivity index (χ2v) is 10.6. The molecular weight excluding hydrogens is 270 g/mol. The normalized spacial score (nSPS) is 41.3. The molecule has 0 amide bonds. The lowest BCUT2D eigenvalue weighted by Crippen LogP contribution is -2.57. The van der Waals surface area contributed by atoms with E-state index in [-0.39, 0.29) is 16.7 Å². The lowest BCUT2D eigenvalue weighted by atomic mass is 9.48. The fourth-order valence-corrected chi connectivity index (χ4v) is 6.97. The van der Waals surface area contributed by atoms with E-state index in [1.807, 2.05) is 20.9 Å². The highest BCUT2D eigenvalue weighted by Crippen LogP contribution is 2.61. The molecule has 0 spiro atoms. The van der Waals surface area contributed by atoms with Gasteiger partial charge in [0.05, 0.1) is 11.0 Å². The van der Waals surface area contributed by atoms with Crippen molar-refractivity contribution in [1.82, 2.24) is 5.32 Å². The Hall–Kier alpha value is -0.0900. The lowest BCUT2D eigenvalue weighted by Gasteiger charge is -2.59. The van der Waals surface area contributed by atoms with Crippen molar-refractivity contribution < 1.29 is 8.42 Å². The minimum Gasteiger partial charge on any atom is -0.315 e. The molecule has 4 bridgehead atoms. The molecule has 0 heterocycles. The van der Waals surface area contributed by atoms with Crippen molar-refractivity contribution in [2.75, 3.05) is 12.8 Å². The van der Waals surface area contributed by atoms with Gasteiger partial charge in [-0.1, -0.05) is 0 Å². The van der Waals surface area contributed by atoms with Crippen LogP contribution in [-0.4, -0.2) is 32.5 Å². The minimum atomic E-state index is -2.97. The summed E-state index contributed by atoms with van der Waals surface area (Å²) >= 11 is 0. The van der Waals surface area contributed by atoms with Crippen LogP contribution in [0, 0.1) is 23.2 Å². The number of sulfone groups is 1. The molecular formula is C16H29NO2S. The summed E-state index contributed by atoms with van der Waals surface area (Å²) in [5.41, 5.74) is 0.269. The molecule has 1 N–H and O–H groups in total. The average molecular weight is 299 g/mol. The fourth-order valence-electron chi connectivity index (χ4n) is 5.60. The molecule has 4 saturated carbocycles. The van der Waals surface area contributed by atoms with E-state index >= 15 is 0 Å². The first-order valence-corrected chi connectivity index (χ1v) is 9.95. The first kappa shape index (κ1) is 14.8. The summed E-state index contributed by atoms with van der Waals surface area (Å²) in [7, 11) is -1.01. The van der Waals surface area contributed by atoms with Gasteiger partial charge in [0.1, 0.15) is 0 Å². The first-order valence-electron chi connectivity index (χ1n) is 8.23. The average Bonchev–Trinajstić information content (AvgIpc) is 2.34. The van der Waals surface area contributed by atoms with Crippen LogP contribution < -0.4 is 5.32 Å². The quantitative estimate of drug-likeness (QED) is 0.849. The zero-order chi connectivity index (χ0) is 14.5.